The number of ketones is 1. The fourth-order valence-electron chi connectivity index (χ4n) is 2.18. The largest absolute Gasteiger partial charge is 0.573 e. The Balaban J connectivity index is 1.98. The van der Waals surface area contributed by atoms with Gasteiger partial charge in [0, 0.05) is 6.42 Å². The third kappa shape index (κ3) is 3.91. The smallest absolute Gasteiger partial charge is 0.406 e. The van der Waals surface area contributed by atoms with Crippen molar-refractivity contribution in [2.45, 2.75) is 37.3 Å². The Kier molecular flexibility index (Phi) is 4.32. The second kappa shape index (κ2) is 5.68. The molecular weight excluding hydrogens is 289 g/mol. The third-order valence-electron chi connectivity index (χ3n) is 3.33. The molecule has 1 aromatic carbocycles. The van der Waals surface area contributed by atoms with E-state index in [4.69, 9.17) is 0 Å². The number of hydrogen-bond donors (Lipinski definition) is 0. The second-order valence-electron chi connectivity index (χ2n) is 4.97. The molecular formula is C14H15F3O2S. The molecule has 2 rings (SSSR count). The molecule has 2 nitrogen and oxygen atoms in total. The number of Topliss-reactive ketones (excluding diaryl/α,β-unsaturated/α-hetero) is 1. The normalized spacial score (nSPS) is 22.8. The summed E-state index contributed by atoms with van der Waals surface area (Å²) >= 11 is 1.66. The molecule has 1 fully saturated rings. The van der Waals surface area contributed by atoms with E-state index in [2.05, 4.69) is 4.74 Å². The van der Waals surface area contributed by atoms with E-state index in [1.54, 1.807) is 11.8 Å². The van der Waals surface area contributed by atoms with Gasteiger partial charge in [0.15, 0.2) is 5.78 Å². The van der Waals surface area contributed by atoms with Gasteiger partial charge in [0.1, 0.15) is 5.75 Å². The summed E-state index contributed by atoms with van der Waals surface area (Å²) in [4.78, 5) is 12.2. The second-order valence-corrected chi connectivity index (χ2v) is 6.57. The fraction of sp³-hybridized carbons (Fsp3) is 0.500. The van der Waals surface area contributed by atoms with E-state index in [9.17, 15) is 18.0 Å². The van der Waals surface area contributed by atoms with E-state index < -0.39 is 6.36 Å². The summed E-state index contributed by atoms with van der Waals surface area (Å²) in [5.74, 6) is 0.847. The number of ether oxygens (including phenoxy) is 1. The zero-order valence-electron chi connectivity index (χ0n) is 11.0. The van der Waals surface area contributed by atoms with Gasteiger partial charge in [-0.2, -0.15) is 0 Å². The van der Waals surface area contributed by atoms with Crippen molar-refractivity contribution in [1.82, 2.24) is 0 Å². The van der Waals surface area contributed by atoms with Crippen molar-refractivity contribution in [3.8, 4) is 5.75 Å². The maximum atomic E-state index is 12.2. The van der Waals surface area contributed by atoms with Gasteiger partial charge in [-0.05, 0) is 43.2 Å². The van der Waals surface area contributed by atoms with Crippen LogP contribution in [-0.2, 0) is 11.2 Å². The minimum Gasteiger partial charge on any atom is -0.406 e. The number of halogens is 3. The van der Waals surface area contributed by atoms with Gasteiger partial charge in [-0.3, -0.25) is 4.79 Å². The monoisotopic (exact) mass is 304 g/mol. The minimum absolute atomic E-state index is 0.129. The number of alkyl halides is 3. The molecule has 0 aliphatic carbocycles. The highest BCUT2D eigenvalue weighted by Gasteiger charge is 2.36. The summed E-state index contributed by atoms with van der Waals surface area (Å²) in [6, 6.07) is 5.48. The van der Waals surface area contributed by atoms with Gasteiger partial charge < -0.3 is 4.74 Å². The number of carbonyl (C=O) groups excluding carboxylic acids is 1. The van der Waals surface area contributed by atoms with Crippen molar-refractivity contribution in [3.05, 3.63) is 29.8 Å². The van der Waals surface area contributed by atoms with Crippen molar-refractivity contribution in [1.29, 1.82) is 0 Å². The van der Waals surface area contributed by atoms with E-state index in [1.165, 1.54) is 24.3 Å². The molecule has 0 amide bonds. The molecule has 1 aromatic rings. The van der Waals surface area contributed by atoms with Crippen LogP contribution in [0.25, 0.3) is 0 Å². The zero-order valence-corrected chi connectivity index (χ0v) is 11.8. The summed E-state index contributed by atoms with van der Waals surface area (Å²) in [5.41, 5.74) is 0.707. The Labute approximate surface area is 119 Å². The van der Waals surface area contributed by atoms with Crippen molar-refractivity contribution >= 4 is 17.5 Å². The average Bonchev–Trinajstić information content (AvgIpc) is 2.78. The zero-order chi connectivity index (χ0) is 14.8. The lowest BCUT2D eigenvalue weighted by Gasteiger charge is -2.20. The average molecular weight is 304 g/mol. The van der Waals surface area contributed by atoms with E-state index >= 15 is 0 Å². The van der Waals surface area contributed by atoms with Gasteiger partial charge in [0.25, 0.3) is 0 Å². The van der Waals surface area contributed by atoms with Gasteiger partial charge in [0.2, 0.25) is 0 Å². The van der Waals surface area contributed by atoms with Crippen molar-refractivity contribution in [3.63, 3.8) is 0 Å². The highest BCUT2D eigenvalue weighted by Crippen LogP contribution is 2.39. The molecule has 0 aromatic heterocycles. The molecule has 1 saturated heterocycles. The number of rotatable bonds is 4. The molecule has 1 unspecified atom stereocenters. The predicted octanol–water partition coefficient (Wildman–Crippen LogP) is 3.98. The minimum atomic E-state index is -4.69. The Morgan fingerprint density at radius 3 is 2.50 bits per heavy atom. The van der Waals surface area contributed by atoms with E-state index in [-0.39, 0.29) is 22.7 Å². The van der Waals surface area contributed by atoms with Crippen LogP contribution >= 0.6 is 11.8 Å². The van der Waals surface area contributed by atoms with Gasteiger partial charge in [0.05, 0.1) is 4.75 Å². The van der Waals surface area contributed by atoms with Crippen LogP contribution in [0.2, 0.25) is 0 Å². The maximum Gasteiger partial charge on any atom is 0.573 e. The summed E-state index contributed by atoms with van der Waals surface area (Å²) in [6.07, 6.45) is -2.54. The molecule has 1 aliphatic rings. The van der Waals surface area contributed by atoms with Gasteiger partial charge in [-0.1, -0.05) is 12.1 Å². The van der Waals surface area contributed by atoms with Crippen LogP contribution in [0.4, 0.5) is 13.2 Å². The van der Waals surface area contributed by atoms with Crippen molar-refractivity contribution in [2.75, 3.05) is 5.75 Å². The first-order chi connectivity index (χ1) is 9.28. The highest BCUT2D eigenvalue weighted by molar-refractivity contribution is 8.01. The first-order valence-corrected chi connectivity index (χ1v) is 7.29. The lowest BCUT2D eigenvalue weighted by Crippen LogP contribution is -2.30. The first-order valence-electron chi connectivity index (χ1n) is 6.30. The molecule has 0 bridgehead atoms. The predicted molar refractivity (Wildman–Crippen MR) is 71.9 cm³/mol. The molecule has 20 heavy (non-hydrogen) atoms. The van der Waals surface area contributed by atoms with Crippen LogP contribution in [0.3, 0.4) is 0 Å². The fourth-order valence-corrected chi connectivity index (χ4v) is 3.44. The molecule has 0 radical (unpaired) electrons. The van der Waals surface area contributed by atoms with Gasteiger partial charge >= 0.3 is 6.36 Å². The number of thioether (sulfide) groups is 1. The van der Waals surface area contributed by atoms with Crippen LogP contribution in [0.15, 0.2) is 24.3 Å². The third-order valence-corrected chi connectivity index (χ3v) is 4.89. The lowest BCUT2D eigenvalue weighted by atomic mass is 9.95. The molecule has 6 heteroatoms. The van der Waals surface area contributed by atoms with E-state index in [0.29, 0.717) is 5.56 Å². The Hall–Kier alpha value is -1.17. The summed E-state index contributed by atoms with van der Waals surface area (Å²) < 4.78 is 39.5. The van der Waals surface area contributed by atoms with Crippen molar-refractivity contribution in [2.24, 2.45) is 0 Å². The molecule has 110 valence electrons. The quantitative estimate of drug-likeness (QED) is 0.841. The summed E-state index contributed by atoms with van der Waals surface area (Å²) in [5, 5.41) is 0. The van der Waals surface area contributed by atoms with Gasteiger partial charge in [-0.25, -0.2) is 0 Å². The lowest BCUT2D eigenvalue weighted by molar-refractivity contribution is -0.274. The summed E-state index contributed by atoms with van der Waals surface area (Å²) in [7, 11) is 0. The van der Waals surface area contributed by atoms with Crippen LogP contribution in [0.1, 0.15) is 25.3 Å². The van der Waals surface area contributed by atoms with Crippen LogP contribution < -0.4 is 4.74 Å². The maximum absolute atomic E-state index is 12.2. The molecule has 1 atom stereocenters. The highest BCUT2D eigenvalue weighted by atomic mass is 32.2. The Morgan fingerprint density at radius 1 is 1.35 bits per heavy atom. The first kappa shape index (κ1) is 15.2. The number of hydrogen-bond acceptors (Lipinski definition) is 3. The van der Waals surface area contributed by atoms with E-state index in [1.807, 2.05) is 6.92 Å². The molecule has 1 aliphatic heterocycles. The topological polar surface area (TPSA) is 26.3 Å². The van der Waals surface area contributed by atoms with Crippen LogP contribution in [-0.4, -0.2) is 22.6 Å². The molecule has 0 spiro atoms. The van der Waals surface area contributed by atoms with Gasteiger partial charge in [-0.15, -0.1) is 24.9 Å². The SMILES string of the molecule is CC1(C(=O)Cc2ccc(OC(F)(F)F)cc2)CCCS1. The summed E-state index contributed by atoms with van der Waals surface area (Å²) in [6.45, 7) is 1.94. The Morgan fingerprint density at radius 2 is 2.00 bits per heavy atom. The number of carbonyl (C=O) groups is 1. The number of benzene rings is 1. The Bertz CT molecular complexity index is 476. The van der Waals surface area contributed by atoms with Crippen LogP contribution in [0, 0.1) is 0 Å². The standard InChI is InChI=1S/C14H15F3O2S/c1-13(7-2-8-20-13)12(18)9-10-3-5-11(6-4-10)19-14(15,16)17/h3-6H,2,7-9H2,1H3. The van der Waals surface area contributed by atoms with E-state index in [0.717, 1.165) is 18.6 Å². The van der Waals surface area contributed by atoms with Crippen LogP contribution in [0.5, 0.6) is 5.75 Å². The molecule has 1 heterocycles. The molecule has 0 saturated carbocycles. The van der Waals surface area contributed by atoms with Crippen molar-refractivity contribution < 1.29 is 22.7 Å². The molecule has 0 N–H and O–H groups in total.